The van der Waals surface area contributed by atoms with Crippen LogP contribution < -0.4 is 10.7 Å². The van der Waals surface area contributed by atoms with E-state index in [0.717, 1.165) is 17.6 Å². The van der Waals surface area contributed by atoms with Crippen molar-refractivity contribution in [3.8, 4) is 0 Å². The Labute approximate surface area is 123 Å². The van der Waals surface area contributed by atoms with E-state index in [-0.39, 0.29) is 0 Å². The van der Waals surface area contributed by atoms with Gasteiger partial charge in [-0.25, -0.2) is 9.97 Å². The van der Waals surface area contributed by atoms with Crippen molar-refractivity contribution in [2.24, 2.45) is 5.10 Å². The molecular formula is C13H18N6S. The molecule has 6 nitrogen and oxygen atoms in total. The number of pyridine rings is 1. The Morgan fingerprint density at radius 3 is 3.05 bits per heavy atom. The fourth-order valence-corrected chi connectivity index (χ4v) is 1.81. The van der Waals surface area contributed by atoms with E-state index in [0.29, 0.717) is 22.6 Å². The van der Waals surface area contributed by atoms with Gasteiger partial charge in [0.15, 0.2) is 16.6 Å². The van der Waals surface area contributed by atoms with E-state index in [1.807, 2.05) is 19.1 Å². The predicted octanol–water partition coefficient (Wildman–Crippen LogP) is 1.94. The van der Waals surface area contributed by atoms with E-state index in [2.05, 4.69) is 44.6 Å². The number of nitrogens with zero attached hydrogens (tertiary/aromatic N) is 3. The Kier molecular flexibility index (Phi) is 4.62. The van der Waals surface area contributed by atoms with Crippen molar-refractivity contribution < 1.29 is 0 Å². The summed E-state index contributed by atoms with van der Waals surface area (Å²) in [6, 6.07) is 4.11. The Hall–Kier alpha value is -2.02. The highest BCUT2D eigenvalue weighted by atomic mass is 32.1. The minimum atomic E-state index is 0.320. The second-order valence-corrected chi connectivity index (χ2v) is 4.96. The van der Waals surface area contributed by atoms with Gasteiger partial charge in [-0.1, -0.05) is 6.92 Å². The molecule has 0 bridgehead atoms. The Bertz CT molecular complexity index is 600. The van der Waals surface area contributed by atoms with Crippen molar-refractivity contribution in [1.29, 1.82) is 0 Å². The molecule has 7 heteroatoms. The van der Waals surface area contributed by atoms with Crippen molar-refractivity contribution in [1.82, 2.24) is 25.7 Å². The number of aromatic amines is 1. The molecule has 0 radical (unpaired) electrons. The van der Waals surface area contributed by atoms with Crippen molar-refractivity contribution >= 4 is 34.2 Å². The zero-order valence-electron chi connectivity index (χ0n) is 11.8. The third kappa shape index (κ3) is 3.51. The molecule has 1 atom stereocenters. The molecule has 2 aromatic heterocycles. The molecule has 1 unspecified atom stereocenters. The third-order valence-electron chi connectivity index (χ3n) is 2.92. The first-order valence-electron chi connectivity index (χ1n) is 6.52. The van der Waals surface area contributed by atoms with Gasteiger partial charge in [-0.05, 0) is 44.6 Å². The molecule has 2 aromatic rings. The quantitative estimate of drug-likeness (QED) is 0.456. The van der Waals surface area contributed by atoms with Gasteiger partial charge in [-0.2, -0.15) is 5.10 Å². The molecule has 0 saturated carbocycles. The maximum atomic E-state index is 5.16. The molecule has 0 aliphatic carbocycles. The molecule has 0 spiro atoms. The molecule has 0 aromatic carbocycles. The predicted molar refractivity (Wildman–Crippen MR) is 84.7 cm³/mol. The number of hydrogen-bond acceptors (Lipinski definition) is 4. The number of aromatic nitrogens is 3. The van der Waals surface area contributed by atoms with Crippen LogP contribution in [0.4, 0.5) is 0 Å². The van der Waals surface area contributed by atoms with E-state index in [1.165, 1.54) is 0 Å². The summed E-state index contributed by atoms with van der Waals surface area (Å²) in [4.78, 5) is 11.7. The van der Waals surface area contributed by atoms with Crippen molar-refractivity contribution in [3.05, 3.63) is 24.2 Å². The normalized spacial score (nSPS) is 13.2. The Balaban J connectivity index is 2.04. The topological polar surface area (TPSA) is 78.0 Å². The van der Waals surface area contributed by atoms with Gasteiger partial charge in [0.05, 0.1) is 5.52 Å². The van der Waals surface area contributed by atoms with Gasteiger partial charge in [0.2, 0.25) is 0 Å². The maximum Gasteiger partial charge on any atom is 0.187 e. The van der Waals surface area contributed by atoms with Gasteiger partial charge in [0.1, 0.15) is 5.71 Å². The highest BCUT2D eigenvalue weighted by Gasteiger charge is 2.06. The molecule has 0 saturated heterocycles. The molecule has 0 aliphatic rings. The SMILES string of the molecule is CCC(C)NC(=S)N/N=C(\C)c1nc2ncccc2[nH]1. The molecule has 106 valence electrons. The number of imidazole rings is 1. The van der Waals surface area contributed by atoms with Gasteiger partial charge in [-0.15, -0.1) is 0 Å². The number of rotatable bonds is 4. The summed E-state index contributed by atoms with van der Waals surface area (Å²) in [5.41, 5.74) is 5.10. The van der Waals surface area contributed by atoms with Crippen LogP contribution >= 0.6 is 12.2 Å². The fourth-order valence-electron chi connectivity index (χ4n) is 1.56. The van der Waals surface area contributed by atoms with Crippen LogP contribution in [0.15, 0.2) is 23.4 Å². The van der Waals surface area contributed by atoms with Crippen molar-refractivity contribution in [3.63, 3.8) is 0 Å². The summed E-state index contributed by atoms with van der Waals surface area (Å²) in [5.74, 6) is 0.678. The summed E-state index contributed by atoms with van der Waals surface area (Å²) in [5, 5.41) is 7.86. The first kappa shape index (κ1) is 14.4. The van der Waals surface area contributed by atoms with Gasteiger partial charge < -0.3 is 10.3 Å². The minimum absolute atomic E-state index is 0.320. The van der Waals surface area contributed by atoms with Crippen molar-refractivity contribution in [2.45, 2.75) is 33.2 Å². The standard InChI is InChI=1S/C13H18N6S/c1-4-8(2)15-13(20)19-18-9(3)11-16-10-6-5-7-14-12(10)17-11/h5-8H,4H2,1-3H3,(H,14,16,17)(H2,15,19,20)/b18-9+. The second-order valence-electron chi connectivity index (χ2n) is 4.55. The summed E-state index contributed by atoms with van der Waals surface area (Å²) in [6.07, 6.45) is 2.71. The summed E-state index contributed by atoms with van der Waals surface area (Å²) in [7, 11) is 0. The highest BCUT2D eigenvalue weighted by Crippen LogP contribution is 2.07. The zero-order valence-corrected chi connectivity index (χ0v) is 12.6. The molecule has 0 fully saturated rings. The maximum absolute atomic E-state index is 5.16. The number of H-pyrrole nitrogens is 1. The van der Waals surface area contributed by atoms with Gasteiger partial charge in [0, 0.05) is 12.2 Å². The molecule has 0 aliphatic heterocycles. The largest absolute Gasteiger partial charge is 0.359 e. The number of hydrogen-bond donors (Lipinski definition) is 3. The lowest BCUT2D eigenvalue weighted by atomic mass is 10.3. The molecule has 2 rings (SSSR count). The number of hydrazone groups is 1. The van der Waals surface area contributed by atoms with Crippen LogP contribution in [-0.2, 0) is 0 Å². The molecule has 2 heterocycles. The molecule has 0 amide bonds. The number of thiocarbonyl (C=S) groups is 1. The monoisotopic (exact) mass is 290 g/mol. The van der Waals surface area contributed by atoms with E-state index in [9.17, 15) is 0 Å². The van der Waals surface area contributed by atoms with Gasteiger partial charge >= 0.3 is 0 Å². The zero-order chi connectivity index (χ0) is 14.5. The Morgan fingerprint density at radius 1 is 1.55 bits per heavy atom. The van der Waals surface area contributed by atoms with Gasteiger partial charge in [0.25, 0.3) is 0 Å². The van der Waals surface area contributed by atoms with E-state index in [4.69, 9.17) is 12.2 Å². The molecule has 3 N–H and O–H groups in total. The van der Waals surface area contributed by atoms with Crippen molar-refractivity contribution in [2.75, 3.05) is 0 Å². The average molecular weight is 290 g/mol. The number of nitrogens with one attached hydrogen (secondary N) is 3. The van der Waals surface area contributed by atoms with Crippen LogP contribution in [-0.4, -0.2) is 31.8 Å². The number of fused-ring (bicyclic) bond motifs is 1. The van der Waals surface area contributed by atoms with E-state index in [1.54, 1.807) is 6.20 Å². The summed E-state index contributed by atoms with van der Waals surface area (Å²) >= 11 is 5.16. The lowest BCUT2D eigenvalue weighted by Gasteiger charge is -2.12. The van der Waals surface area contributed by atoms with E-state index >= 15 is 0 Å². The van der Waals surface area contributed by atoms with E-state index < -0.39 is 0 Å². The highest BCUT2D eigenvalue weighted by molar-refractivity contribution is 7.80. The van der Waals surface area contributed by atoms with Crippen LogP contribution in [0.2, 0.25) is 0 Å². The smallest absolute Gasteiger partial charge is 0.187 e. The first-order chi connectivity index (χ1) is 9.60. The Morgan fingerprint density at radius 2 is 2.35 bits per heavy atom. The van der Waals surface area contributed by atoms with Crippen LogP contribution in [0.25, 0.3) is 11.2 Å². The summed E-state index contributed by atoms with van der Waals surface area (Å²) < 4.78 is 0. The molecular weight excluding hydrogens is 272 g/mol. The molecule has 20 heavy (non-hydrogen) atoms. The van der Waals surface area contributed by atoms with Crippen LogP contribution in [0.3, 0.4) is 0 Å². The van der Waals surface area contributed by atoms with Gasteiger partial charge in [-0.3, -0.25) is 5.43 Å². The van der Waals surface area contributed by atoms with Crippen LogP contribution in [0.5, 0.6) is 0 Å². The minimum Gasteiger partial charge on any atom is -0.359 e. The second kappa shape index (κ2) is 6.42. The first-order valence-corrected chi connectivity index (χ1v) is 6.93. The summed E-state index contributed by atoms with van der Waals surface area (Å²) in [6.45, 7) is 6.02. The average Bonchev–Trinajstić information content (AvgIpc) is 2.88. The fraction of sp³-hybridized carbons (Fsp3) is 0.385. The van der Waals surface area contributed by atoms with Crippen LogP contribution in [0.1, 0.15) is 33.0 Å². The lowest BCUT2D eigenvalue weighted by molar-refractivity contribution is 0.635. The third-order valence-corrected chi connectivity index (χ3v) is 3.12. The van der Waals surface area contributed by atoms with Crippen LogP contribution in [0, 0.1) is 0 Å². The lowest BCUT2D eigenvalue weighted by Crippen LogP contribution is -2.38.